The van der Waals surface area contributed by atoms with Gasteiger partial charge in [-0.3, -0.25) is 14.5 Å². The van der Waals surface area contributed by atoms with Gasteiger partial charge in [0.05, 0.1) is 0 Å². The van der Waals surface area contributed by atoms with Crippen molar-refractivity contribution < 1.29 is 34.2 Å². The molecule has 2 aliphatic rings. The van der Waals surface area contributed by atoms with Crippen LogP contribution < -0.4 is 5.73 Å². The van der Waals surface area contributed by atoms with Crippen LogP contribution >= 0.6 is 23.5 Å². The molecular weight excluding hydrogens is 482 g/mol. The van der Waals surface area contributed by atoms with Crippen LogP contribution in [0, 0.1) is 0 Å². The summed E-state index contributed by atoms with van der Waals surface area (Å²) in [6, 6.07) is 11.0. The molecule has 12 heteroatoms. The summed E-state index contributed by atoms with van der Waals surface area (Å²) in [7, 11) is 0. The first-order valence-electron chi connectivity index (χ1n) is 10.0. The van der Waals surface area contributed by atoms with Crippen LogP contribution in [0.1, 0.15) is 11.1 Å². The standard InChI is InChI=1S/C22H19N3O7S2/c23-19(28)17(24-32-9-16(26)27)14-8-12-4-2-1-3-11(12)7-13(14)10-34-18-20(29)25-15(22(30)31)5-6-33-21(18)25/h1-5,7-8,18,21H,6,9-10H2,(H2,23,28)(H,26,27)(H,30,31)/t18?,21-/m0/s1. The van der Waals surface area contributed by atoms with Crippen molar-refractivity contribution >= 4 is 63.8 Å². The third kappa shape index (κ3) is 4.59. The maximum atomic E-state index is 12.7. The number of benzene rings is 2. The first kappa shape index (κ1) is 23.6. The van der Waals surface area contributed by atoms with Crippen molar-refractivity contribution in [2.75, 3.05) is 12.4 Å². The average molecular weight is 502 g/mol. The minimum atomic E-state index is -1.25. The summed E-state index contributed by atoms with van der Waals surface area (Å²) in [5, 5.41) is 22.8. The molecule has 34 heavy (non-hydrogen) atoms. The van der Waals surface area contributed by atoms with Crippen LogP contribution in [-0.2, 0) is 29.8 Å². The molecule has 1 saturated heterocycles. The van der Waals surface area contributed by atoms with E-state index in [-0.39, 0.29) is 22.7 Å². The quantitative estimate of drug-likeness (QED) is 0.263. The number of aliphatic carboxylic acids is 2. The summed E-state index contributed by atoms with van der Waals surface area (Å²) in [6.07, 6.45) is 1.52. The van der Waals surface area contributed by atoms with Gasteiger partial charge in [-0.25, -0.2) is 9.59 Å². The minimum Gasteiger partial charge on any atom is -0.479 e. The van der Waals surface area contributed by atoms with E-state index in [4.69, 9.17) is 15.7 Å². The highest BCUT2D eigenvalue weighted by atomic mass is 32.2. The Morgan fingerprint density at radius 2 is 1.91 bits per heavy atom. The maximum absolute atomic E-state index is 12.7. The molecule has 4 N–H and O–H groups in total. The lowest BCUT2D eigenvalue weighted by atomic mass is 9.98. The molecular formula is C22H19N3O7S2. The molecule has 2 heterocycles. The molecule has 0 saturated carbocycles. The number of carbonyl (C=O) groups excluding carboxylic acids is 2. The fourth-order valence-electron chi connectivity index (χ4n) is 3.71. The zero-order valence-electron chi connectivity index (χ0n) is 17.5. The number of carboxylic acid groups (broad SMARTS) is 2. The van der Waals surface area contributed by atoms with Crippen molar-refractivity contribution in [1.29, 1.82) is 0 Å². The Morgan fingerprint density at radius 1 is 1.21 bits per heavy atom. The fraction of sp³-hybridized carbons (Fsp3) is 0.227. The van der Waals surface area contributed by atoms with E-state index >= 15 is 0 Å². The predicted molar refractivity (Wildman–Crippen MR) is 127 cm³/mol. The summed E-state index contributed by atoms with van der Waals surface area (Å²) in [5.41, 5.74) is 6.31. The molecule has 2 aromatic carbocycles. The highest BCUT2D eigenvalue weighted by Crippen LogP contribution is 2.44. The topological polar surface area (TPSA) is 160 Å². The summed E-state index contributed by atoms with van der Waals surface area (Å²) in [6.45, 7) is -0.737. The van der Waals surface area contributed by atoms with Crippen LogP contribution in [-0.4, -0.2) is 67.6 Å². The lowest BCUT2D eigenvalue weighted by Gasteiger charge is -2.48. The molecule has 10 nitrogen and oxygen atoms in total. The number of oxime groups is 1. The number of nitrogens with zero attached hydrogens (tertiary/aromatic N) is 2. The number of hydrogen-bond donors (Lipinski definition) is 3. The lowest BCUT2D eigenvalue weighted by molar-refractivity contribution is -0.145. The first-order valence-corrected chi connectivity index (χ1v) is 12.1. The second-order valence-electron chi connectivity index (χ2n) is 7.39. The van der Waals surface area contributed by atoms with Crippen LogP contribution in [0.3, 0.4) is 0 Å². The summed E-state index contributed by atoms with van der Waals surface area (Å²) in [5.74, 6) is -2.77. The molecule has 0 spiro atoms. The molecule has 4 rings (SSSR count). The van der Waals surface area contributed by atoms with Gasteiger partial charge in [-0.1, -0.05) is 29.4 Å². The number of β-lactam (4-membered cyclic amide) rings is 1. The van der Waals surface area contributed by atoms with Gasteiger partial charge >= 0.3 is 11.9 Å². The number of rotatable bonds is 9. The first-order chi connectivity index (χ1) is 16.3. The van der Waals surface area contributed by atoms with Crippen molar-refractivity contribution in [1.82, 2.24) is 4.90 Å². The Morgan fingerprint density at radius 3 is 2.56 bits per heavy atom. The number of hydrogen-bond acceptors (Lipinski definition) is 8. The van der Waals surface area contributed by atoms with Crippen molar-refractivity contribution in [3.63, 3.8) is 0 Å². The van der Waals surface area contributed by atoms with Gasteiger partial charge in [0, 0.05) is 17.1 Å². The third-order valence-corrected chi connectivity index (χ3v) is 7.89. The minimum absolute atomic E-state index is 0.00396. The molecule has 176 valence electrons. The van der Waals surface area contributed by atoms with Crippen molar-refractivity contribution in [2.45, 2.75) is 16.4 Å². The normalized spacial score (nSPS) is 19.8. The Labute approximate surface area is 201 Å². The van der Waals surface area contributed by atoms with Crippen LogP contribution in [0.5, 0.6) is 0 Å². The molecule has 2 aliphatic heterocycles. The Balaban J connectivity index is 1.62. The van der Waals surface area contributed by atoms with Gasteiger partial charge in [0.15, 0.2) is 5.71 Å². The monoisotopic (exact) mass is 501 g/mol. The van der Waals surface area contributed by atoms with E-state index in [0.717, 1.165) is 10.8 Å². The van der Waals surface area contributed by atoms with E-state index in [9.17, 15) is 24.3 Å². The highest BCUT2D eigenvalue weighted by molar-refractivity contribution is 8.04. The van der Waals surface area contributed by atoms with E-state index in [1.165, 1.54) is 34.5 Å². The van der Waals surface area contributed by atoms with Crippen molar-refractivity contribution in [3.8, 4) is 0 Å². The van der Waals surface area contributed by atoms with E-state index in [2.05, 4.69) is 5.16 Å². The number of amides is 2. The molecule has 0 aromatic heterocycles. The predicted octanol–water partition coefficient (Wildman–Crippen LogP) is 1.62. The van der Waals surface area contributed by atoms with Crippen LogP contribution in [0.4, 0.5) is 0 Å². The highest BCUT2D eigenvalue weighted by Gasteiger charge is 2.52. The van der Waals surface area contributed by atoms with Gasteiger partial charge in [0.25, 0.3) is 5.91 Å². The Bertz CT molecular complexity index is 1260. The number of carboxylic acids is 2. The Hall–Kier alpha value is -3.51. The van der Waals surface area contributed by atoms with Crippen molar-refractivity contribution in [2.24, 2.45) is 10.9 Å². The SMILES string of the molecule is NC(=O)C(=NOCC(=O)O)c1cc2ccccc2cc1CSC1C(=O)N2C(C(=O)O)=CCS[C@@H]12. The van der Waals surface area contributed by atoms with E-state index < -0.39 is 29.7 Å². The molecule has 2 amide bonds. The zero-order valence-corrected chi connectivity index (χ0v) is 19.2. The van der Waals surface area contributed by atoms with E-state index in [1.807, 2.05) is 30.3 Å². The average Bonchev–Trinajstić information content (AvgIpc) is 2.80. The number of carbonyl (C=O) groups is 4. The van der Waals surface area contributed by atoms with Gasteiger partial charge in [-0.2, -0.15) is 0 Å². The van der Waals surface area contributed by atoms with Gasteiger partial charge in [-0.05, 0) is 34.5 Å². The van der Waals surface area contributed by atoms with Crippen LogP contribution in [0.15, 0.2) is 53.3 Å². The molecule has 0 aliphatic carbocycles. The second-order valence-corrected chi connectivity index (χ2v) is 9.67. The molecule has 0 radical (unpaired) electrons. The number of thioether (sulfide) groups is 2. The third-order valence-electron chi connectivity index (χ3n) is 5.24. The van der Waals surface area contributed by atoms with Crippen LogP contribution in [0.2, 0.25) is 0 Å². The van der Waals surface area contributed by atoms with E-state index in [0.29, 0.717) is 22.6 Å². The maximum Gasteiger partial charge on any atom is 0.352 e. The summed E-state index contributed by atoms with van der Waals surface area (Å²) >= 11 is 2.81. The van der Waals surface area contributed by atoms with Gasteiger partial charge in [-0.15, -0.1) is 23.5 Å². The smallest absolute Gasteiger partial charge is 0.352 e. The molecule has 0 bridgehead atoms. The molecule has 1 unspecified atom stereocenters. The summed E-state index contributed by atoms with van der Waals surface area (Å²) < 4.78 is 0. The van der Waals surface area contributed by atoms with Gasteiger partial charge in [0.2, 0.25) is 12.5 Å². The fourth-order valence-corrected chi connectivity index (χ4v) is 6.43. The molecule has 1 fully saturated rings. The number of primary amides is 1. The lowest BCUT2D eigenvalue weighted by Crippen LogP contribution is -2.63. The van der Waals surface area contributed by atoms with Gasteiger partial charge in [0.1, 0.15) is 16.3 Å². The summed E-state index contributed by atoms with van der Waals surface area (Å²) in [4.78, 5) is 53.1. The largest absolute Gasteiger partial charge is 0.479 e. The second kappa shape index (κ2) is 9.77. The van der Waals surface area contributed by atoms with Crippen molar-refractivity contribution in [3.05, 3.63) is 59.3 Å². The van der Waals surface area contributed by atoms with Gasteiger partial charge < -0.3 is 20.8 Å². The Kier molecular flexibility index (Phi) is 6.80. The van der Waals surface area contributed by atoms with E-state index in [1.54, 1.807) is 6.07 Å². The van der Waals surface area contributed by atoms with Crippen LogP contribution in [0.25, 0.3) is 10.8 Å². The number of nitrogens with two attached hydrogens (primary N) is 1. The molecule has 2 aromatic rings. The molecule has 2 atom stereocenters. The zero-order chi connectivity index (χ0) is 24.4. The number of fused-ring (bicyclic) bond motifs is 2.